The molecule has 5 nitrogen and oxygen atoms in total. The third-order valence-electron chi connectivity index (χ3n) is 5.23. The van der Waals surface area contributed by atoms with Crippen LogP contribution in [0.2, 0.25) is 0 Å². The zero-order valence-electron chi connectivity index (χ0n) is 16.3. The van der Waals surface area contributed by atoms with Gasteiger partial charge in [0.1, 0.15) is 11.4 Å². The van der Waals surface area contributed by atoms with Crippen molar-refractivity contribution in [1.82, 2.24) is 4.90 Å². The summed E-state index contributed by atoms with van der Waals surface area (Å²) in [4.78, 5) is 14.3. The van der Waals surface area contributed by atoms with Crippen molar-refractivity contribution in [1.29, 1.82) is 0 Å². The highest BCUT2D eigenvalue weighted by atomic mass is 19.4. The molecule has 2 unspecified atom stereocenters. The summed E-state index contributed by atoms with van der Waals surface area (Å²) in [5.74, 6) is -0.402. The topological polar surface area (TPSA) is 59.0 Å². The van der Waals surface area contributed by atoms with E-state index in [1.165, 1.54) is 18.2 Å². The van der Waals surface area contributed by atoms with E-state index in [1.807, 2.05) is 0 Å². The second kappa shape index (κ2) is 7.13. The molecule has 1 aromatic rings. The third-order valence-corrected chi connectivity index (χ3v) is 5.23. The average Bonchev–Trinajstić information content (AvgIpc) is 2.51. The van der Waals surface area contributed by atoms with Crippen LogP contribution in [0.25, 0.3) is 0 Å². The number of para-hydroxylation sites is 1. The summed E-state index contributed by atoms with van der Waals surface area (Å²) in [6.07, 6.45) is -2.78. The van der Waals surface area contributed by atoms with Crippen LogP contribution < -0.4 is 4.74 Å². The molecule has 2 aliphatic rings. The van der Waals surface area contributed by atoms with E-state index in [0.29, 0.717) is 12.8 Å². The number of nitrogens with zero attached hydrogens (tertiary/aromatic N) is 1. The molecule has 2 atom stereocenters. The molecule has 0 aromatic heterocycles. The minimum Gasteiger partial charge on any atom is -0.444 e. The van der Waals surface area contributed by atoms with E-state index in [1.54, 1.807) is 31.7 Å². The Bertz CT molecular complexity index is 715. The maximum absolute atomic E-state index is 12.8. The number of rotatable bonds is 2. The van der Waals surface area contributed by atoms with Crippen molar-refractivity contribution in [3.05, 3.63) is 29.8 Å². The van der Waals surface area contributed by atoms with Crippen LogP contribution in [0.1, 0.15) is 58.4 Å². The van der Waals surface area contributed by atoms with E-state index in [-0.39, 0.29) is 30.5 Å². The van der Waals surface area contributed by atoms with E-state index < -0.39 is 29.4 Å². The predicted molar refractivity (Wildman–Crippen MR) is 95.8 cm³/mol. The van der Waals surface area contributed by atoms with Crippen LogP contribution >= 0.6 is 0 Å². The van der Waals surface area contributed by atoms with Crippen LogP contribution in [-0.2, 0) is 10.3 Å². The number of aliphatic hydroxyl groups is 1. The fraction of sp³-hybridized carbons (Fsp3) is 0.650. The maximum atomic E-state index is 12.8. The highest BCUT2D eigenvalue weighted by Gasteiger charge is 2.50. The van der Waals surface area contributed by atoms with E-state index in [0.717, 1.165) is 6.42 Å². The first-order valence-electron chi connectivity index (χ1n) is 9.47. The van der Waals surface area contributed by atoms with Crippen LogP contribution in [0.4, 0.5) is 18.0 Å². The van der Waals surface area contributed by atoms with Crippen molar-refractivity contribution in [3.63, 3.8) is 0 Å². The predicted octanol–water partition coefficient (Wildman–Crippen LogP) is 4.72. The van der Waals surface area contributed by atoms with Crippen LogP contribution in [0.15, 0.2) is 24.3 Å². The Balaban J connectivity index is 1.88. The van der Waals surface area contributed by atoms with E-state index in [9.17, 15) is 23.1 Å². The van der Waals surface area contributed by atoms with Gasteiger partial charge in [0.15, 0.2) is 0 Å². The smallest absolute Gasteiger partial charge is 0.444 e. The molecule has 0 spiro atoms. The summed E-state index contributed by atoms with van der Waals surface area (Å²) in [5.41, 5.74) is -2.05. The Morgan fingerprint density at radius 1 is 1.14 bits per heavy atom. The Hall–Kier alpha value is -1.96. The molecule has 2 heterocycles. The van der Waals surface area contributed by atoms with E-state index in [4.69, 9.17) is 4.74 Å². The number of benzene rings is 1. The van der Waals surface area contributed by atoms with Gasteiger partial charge < -0.3 is 19.5 Å². The fourth-order valence-electron chi connectivity index (χ4n) is 4.33. The lowest BCUT2D eigenvalue weighted by Crippen LogP contribution is -2.59. The van der Waals surface area contributed by atoms with Gasteiger partial charge in [-0.2, -0.15) is 0 Å². The van der Waals surface area contributed by atoms with Gasteiger partial charge in [0, 0.05) is 30.5 Å². The SMILES string of the molecule is CC(C)(C)OC(=O)N1C2CCCC1CC(O)(c1ccccc1OC(F)(F)F)C2. The molecule has 3 rings (SSSR count). The molecule has 156 valence electrons. The van der Waals surface area contributed by atoms with Crippen LogP contribution in [-0.4, -0.2) is 40.1 Å². The van der Waals surface area contributed by atoms with Crippen molar-refractivity contribution < 1.29 is 32.5 Å². The Morgan fingerprint density at radius 3 is 2.25 bits per heavy atom. The van der Waals surface area contributed by atoms with Crippen LogP contribution in [0.3, 0.4) is 0 Å². The summed E-state index contributed by atoms with van der Waals surface area (Å²) in [6, 6.07) is 5.08. The minimum absolute atomic E-state index is 0.105. The van der Waals surface area contributed by atoms with Gasteiger partial charge in [0.25, 0.3) is 0 Å². The molecule has 2 saturated heterocycles. The molecular formula is C20H26F3NO4. The third kappa shape index (κ3) is 4.54. The molecule has 8 heteroatoms. The second-order valence-corrected chi connectivity index (χ2v) is 8.61. The summed E-state index contributed by atoms with van der Waals surface area (Å²) < 4.78 is 48.0. The Labute approximate surface area is 162 Å². The summed E-state index contributed by atoms with van der Waals surface area (Å²) in [7, 11) is 0. The van der Waals surface area contributed by atoms with Gasteiger partial charge in [-0.15, -0.1) is 13.2 Å². The van der Waals surface area contributed by atoms with Gasteiger partial charge in [0.05, 0.1) is 5.60 Å². The van der Waals surface area contributed by atoms with Gasteiger partial charge in [-0.25, -0.2) is 4.79 Å². The molecule has 2 bridgehead atoms. The highest BCUT2D eigenvalue weighted by molar-refractivity contribution is 5.69. The number of piperidine rings is 2. The lowest BCUT2D eigenvalue weighted by molar-refractivity contribution is -0.275. The number of amides is 1. The van der Waals surface area contributed by atoms with E-state index >= 15 is 0 Å². The molecule has 1 amide bonds. The molecule has 0 radical (unpaired) electrons. The fourth-order valence-corrected chi connectivity index (χ4v) is 4.33. The largest absolute Gasteiger partial charge is 0.573 e. The molecule has 28 heavy (non-hydrogen) atoms. The molecule has 2 fully saturated rings. The summed E-state index contributed by atoms with van der Waals surface area (Å²) in [6.45, 7) is 5.35. The molecule has 1 aromatic carbocycles. The quantitative estimate of drug-likeness (QED) is 0.779. The summed E-state index contributed by atoms with van der Waals surface area (Å²) in [5, 5.41) is 11.3. The number of alkyl halides is 3. The first-order valence-corrected chi connectivity index (χ1v) is 9.47. The molecule has 0 aliphatic carbocycles. The number of fused-ring (bicyclic) bond motifs is 2. The van der Waals surface area contributed by atoms with E-state index in [2.05, 4.69) is 4.74 Å². The Morgan fingerprint density at radius 2 is 1.71 bits per heavy atom. The van der Waals surface area contributed by atoms with Gasteiger partial charge in [-0.1, -0.05) is 18.2 Å². The number of halogens is 3. The number of carbonyl (C=O) groups is 1. The van der Waals surface area contributed by atoms with Gasteiger partial charge in [-0.3, -0.25) is 0 Å². The standard InChI is InChI=1S/C20H26F3NO4/c1-18(2,3)28-17(25)24-13-7-6-8-14(24)12-19(26,11-13)15-9-4-5-10-16(15)27-20(21,22)23/h4-5,9-10,13-14,26H,6-8,11-12H2,1-3H3. The van der Waals surface area contributed by atoms with Crippen molar-refractivity contribution in [2.75, 3.05) is 0 Å². The van der Waals surface area contributed by atoms with Crippen LogP contribution in [0, 0.1) is 0 Å². The van der Waals surface area contributed by atoms with Gasteiger partial charge >= 0.3 is 12.5 Å². The lowest BCUT2D eigenvalue weighted by atomic mass is 9.72. The van der Waals surface area contributed by atoms with Crippen LogP contribution in [0.5, 0.6) is 5.75 Å². The zero-order chi connectivity index (χ0) is 20.7. The lowest BCUT2D eigenvalue weighted by Gasteiger charge is -2.52. The molecule has 0 saturated carbocycles. The Kier molecular flexibility index (Phi) is 5.29. The first kappa shape index (κ1) is 20.8. The molecule has 1 N–H and O–H groups in total. The second-order valence-electron chi connectivity index (χ2n) is 8.61. The molecular weight excluding hydrogens is 375 g/mol. The van der Waals surface area contributed by atoms with Gasteiger partial charge in [-0.05, 0) is 46.1 Å². The minimum atomic E-state index is -4.85. The van der Waals surface area contributed by atoms with Crippen molar-refractivity contribution in [2.45, 2.75) is 82.5 Å². The molecule has 2 aliphatic heterocycles. The summed E-state index contributed by atoms with van der Waals surface area (Å²) >= 11 is 0. The van der Waals surface area contributed by atoms with Crippen molar-refractivity contribution >= 4 is 6.09 Å². The highest BCUT2D eigenvalue weighted by Crippen LogP contribution is 2.47. The first-order chi connectivity index (χ1) is 12.9. The van der Waals surface area contributed by atoms with Gasteiger partial charge in [0.2, 0.25) is 0 Å². The number of hydrogen-bond donors (Lipinski definition) is 1. The van der Waals surface area contributed by atoms with Crippen molar-refractivity contribution in [3.8, 4) is 5.75 Å². The number of hydrogen-bond acceptors (Lipinski definition) is 4. The number of ether oxygens (including phenoxy) is 2. The zero-order valence-corrected chi connectivity index (χ0v) is 16.3. The maximum Gasteiger partial charge on any atom is 0.573 e. The average molecular weight is 401 g/mol. The van der Waals surface area contributed by atoms with Crippen molar-refractivity contribution in [2.24, 2.45) is 0 Å². The normalized spacial score (nSPS) is 28.0. The number of carbonyl (C=O) groups excluding carboxylic acids is 1. The monoisotopic (exact) mass is 401 g/mol.